The van der Waals surface area contributed by atoms with Crippen molar-refractivity contribution in [3.8, 4) is 11.3 Å². The first-order valence-electron chi connectivity index (χ1n) is 8.46. The second kappa shape index (κ2) is 10.7. The van der Waals surface area contributed by atoms with E-state index in [1.54, 1.807) is 22.4 Å². The highest BCUT2D eigenvalue weighted by molar-refractivity contribution is 7.09. The van der Waals surface area contributed by atoms with Crippen LogP contribution in [0, 0.1) is 12.8 Å². The molecule has 0 aliphatic carbocycles. The van der Waals surface area contributed by atoms with Crippen LogP contribution in [0.2, 0.25) is 0 Å². The van der Waals surface area contributed by atoms with Gasteiger partial charge in [-0.2, -0.15) is 0 Å². The number of aryl methyl sites for hydroxylation is 1. The summed E-state index contributed by atoms with van der Waals surface area (Å²) in [5.74, 6) is -0.262. The number of H-pyrrole nitrogens is 1. The van der Waals surface area contributed by atoms with Crippen LogP contribution >= 0.6 is 36.2 Å². The van der Waals surface area contributed by atoms with Crippen LogP contribution in [-0.4, -0.2) is 52.9 Å². The van der Waals surface area contributed by atoms with Crippen LogP contribution in [0.1, 0.15) is 28.3 Å². The van der Waals surface area contributed by atoms with Crippen molar-refractivity contribution in [1.82, 2.24) is 20.2 Å². The maximum atomic E-state index is 12.8. The maximum absolute atomic E-state index is 12.8. The summed E-state index contributed by atoms with van der Waals surface area (Å²) in [4.78, 5) is 34.1. The Morgan fingerprint density at radius 1 is 1.44 bits per heavy atom. The number of carbonyl (C=O) groups excluding carboxylic acids is 2. The Balaban J connectivity index is 0.00000182. The third-order valence-electron chi connectivity index (χ3n) is 4.35. The normalized spacial score (nSPS) is 16.2. The molecule has 2 aromatic heterocycles. The molecule has 3 heterocycles. The van der Waals surface area contributed by atoms with Crippen molar-refractivity contribution in [2.45, 2.75) is 19.8 Å². The molecule has 1 fully saturated rings. The van der Waals surface area contributed by atoms with Crippen molar-refractivity contribution >= 4 is 48.0 Å². The Bertz CT molecular complexity index is 764. The third kappa shape index (κ3) is 5.68. The van der Waals surface area contributed by atoms with Crippen LogP contribution in [0.4, 0.5) is 0 Å². The highest BCUT2D eigenvalue weighted by atomic mass is 35.5. The maximum Gasteiger partial charge on any atom is 0.270 e. The molecule has 0 radical (unpaired) electrons. The van der Waals surface area contributed by atoms with Gasteiger partial charge in [-0.25, -0.2) is 4.98 Å². The van der Waals surface area contributed by atoms with Gasteiger partial charge in [0, 0.05) is 43.3 Å². The third-order valence-corrected chi connectivity index (χ3v) is 5.12. The Hall–Kier alpha value is -1.61. The average molecular weight is 434 g/mol. The minimum atomic E-state index is -0.167. The number of hydrogen-bond acceptors (Lipinski definition) is 5. The van der Waals surface area contributed by atoms with Gasteiger partial charge in [0.2, 0.25) is 5.91 Å². The van der Waals surface area contributed by atoms with Crippen LogP contribution in [0.15, 0.2) is 17.6 Å². The van der Waals surface area contributed by atoms with Crippen LogP contribution < -0.4 is 11.1 Å². The number of hydrogen-bond donors (Lipinski definition) is 3. The van der Waals surface area contributed by atoms with Crippen molar-refractivity contribution in [1.29, 1.82) is 0 Å². The fraction of sp³-hybridized carbons (Fsp3) is 0.471. The molecule has 0 aromatic carbocycles. The Morgan fingerprint density at radius 3 is 2.89 bits per heavy atom. The summed E-state index contributed by atoms with van der Waals surface area (Å²) in [7, 11) is 0. The van der Waals surface area contributed by atoms with E-state index < -0.39 is 0 Å². The van der Waals surface area contributed by atoms with Crippen molar-refractivity contribution in [3.63, 3.8) is 0 Å². The molecule has 0 saturated carbocycles. The molecule has 10 heteroatoms. The summed E-state index contributed by atoms with van der Waals surface area (Å²) < 4.78 is 0. The van der Waals surface area contributed by atoms with E-state index in [0.29, 0.717) is 31.9 Å². The van der Waals surface area contributed by atoms with Gasteiger partial charge in [-0.1, -0.05) is 0 Å². The number of nitrogens with one attached hydrogen (secondary N) is 2. The topological polar surface area (TPSA) is 104 Å². The molecule has 3 rings (SSSR count). The smallest absolute Gasteiger partial charge is 0.270 e. The number of likely N-dealkylation sites (tertiary alicyclic amines) is 1. The number of thiazole rings is 1. The van der Waals surface area contributed by atoms with Crippen LogP contribution in [0.25, 0.3) is 11.3 Å². The lowest BCUT2D eigenvalue weighted by Crippen LogP contribution is -2.46. The molecule has 0 bridgehead atoms. The van der Waals surface area contributed by atoms with Crippen molar-refractivity contribution < 1.29 is 9.59 Å². The molecule has 7 nitrogen and oxygen atoms in total. The van der Waals surface area contributed by atoms with Gasteiger partial charge in [0.15, 0.2) is 0 Å². The minimum absolute atomic E-state index is 0. The van der Waals surface area contributed by atoms with Gasteiger partial charge < -0.3 is 20.9 Å². The van der Waals surface area contributed by atoms with Crippen LogP contribution in [0.3, 0.4) is 0 Å². The zero-order valence-corrected chi connectivity index (χ0v) is 17.5. The summed E-state index contributed by atoms with van der Waals surface area (Å²) in [6, 6.07) is 1.83. The van der Waals surface area contributed by atoms with E-state index in [1.165, 1.54) is 0 Å². The lowest BCUT2D eigenvalue weighted by Gasteiger charge is -2.31. The molecule has 1 aliphatic rings. The van der Waals surface area contributed by atoms with Gasteiger partial charge in [0.1, 0.15) is 5.69 Å². The number of nitrogens with zero attached hydrogens (tertiary/aromatic N) is 2. The van der Waals surface area contributed by atoms with E-state index in [0.717, 1.165) is 29.1 Å². The second-order valence-corrected chi connectivity index (χ2v) is 7.29. The molecule has 1 atom stereocenters. The fourth-order valence-electron chi connectivity index (χ4n) is 3.05. The number of aromatic amines is 1. The molecule has 150 valence electrons. The van der Waals surface area contributed by atoms with E-state index in [1.807, 2.05) is 18.4 Å². The van der Waals surface area contributed by atoms with Crippen molar-refractivity contribution in [3.05, 3.63) is 28.3 Å². The number of piperidine rings is 1. The van der Waals surface area contributed by atoms with E-state index in [4.69, 9.17) is 5.73 Å². The van der Waals surface area contributed by atoms with Crippen LogP contribution in [-0.2, 0) is 4.79 Å². The number of nitrogens with two attached hydrogens (primary N) is 1. The van der Waals surface area contributed by atoms with Crippen molar-refractivity contribution in [2.75, 3.05) is 26.2 Å². The quantitative estimate of drug-likeness (QED) is 0.671. The van der Waals surface area contributed by atoms with E-state index in [9.17, 15) is 9.59 Å². The number of rotatable bonds is 5. The Labute approximate surface area is 174 Å². The Morgan fingerprint density at radius 2 is 2.22 bits per heavy atom. The predicted molar refractivity (Wildman–Crippen MR) is 112 cm³/mol. The molecule has 1 aliphatic heterocycles. The molecule has 0 spiro atoms. The molecular weight excluding hydrogens is 409 g/mol. The predicted octanol–water partition coefficient (Wildman–Crippen LogP) is 2.22. The molecule has 4 N–H and O–H groups in total. The molecular formula is C17H25Cl2N5O2S. The summed E-state index contributed by atoms with van der Waals surface area (Å²) in [5.41, 5.74) is 7.73. The average Bonchev–Trinajstić information content (AvgIpc) is 3.28. The van der Waals surface area contributed by atoms with E-state index in [2.05, 4.69) is 15.3 Å². The zero-order valence-electron chi connectivity index (χ0n) is 15.1. The van der Waals surface area contributed by atoms with E-state index >= 15 is 0 Å². The second-order valence-electron chi connectivity index (χ2n) is 6.22. The summed E-state index contributed by atoms with van der Waals surface area (Å²) in [5, 5.41) is 5.78. The highest BCUT2D eigenvalue weighted by Crippen LogP contribution is 2.24. The first kappa shape index (κ1) is 23.4. The monoisotopic (exact) mass is 433 g/mol. The minimum Gasteiger partial charge on any atom is -0.357 e. The number of carbonyl (C=O) groups is 2. The molecule has 27 heavy (non-hydrogen) atoms. The van der Waals surface area contributed by atoms with Gasteiger partial charge >= 0.3 is 0 Å². The van der Waals surface area contributed by atoms with Crippen molar-refractivity contribution in [2.24, 2.45) is 11.7 Å². The largest absolute Gasteiger partial charge is 0.357 e. The van der Waals surface area contributed by atoms with Gasteiger partial charge in [-0.3, -0.25) is 9.59 Å². The summed E-state index contributed by atoms with van der Waals surface area (Å²) >= 11 is 1.58. The molecule has 1 unspecified atom stereocenters. The van der Waals surface area contributed by atoms with Gasteiger partial charge in [0.25, 0.3) is 5.91 Å². The van der Waals surface area contributed by atoms with Crippen LogP contribution in [0.5, 0.6) is 0 Å². The lowest BCUT2D eigenvalue weighted by atomic mass is 9.97. The van der Waals surface area contributed by atoms with Gasteiger partial charge in [-0.05, 0) is 25.8 Å². The lowest BCUT2D eigenvalue weighted by molar-refractivity contribution is -0.126. The molecule has 1 saturated heterocycles. The Kier molecular flexibility index (Phi) is 9.25. The van der Waals surface area contributed by atoms with Gasteiger partial charge in [-0.15, -0.1) is 36.2 Å². The van der Waals surface area contributed by atoms with Gasteiger partial charge in [0.05, 0.1) is 16.6 Å². The first-order chi connectivity index (χ1) is 12.1. The molecule has 2 amide bonds. The number of halogens is 2. The highest BCUT2D eigenvalue weighted by Gasteiger charge is 2.29. The fourth-order valence-corrected chi connectivity index (χ4v) is 3.67. The van der Waals surface area contributed by atoms with E-state index in [-0.39, 0.29) is 42.5 Å². The summed E-state index contributed by atoms with van der Waals surface area (Å²) in [6.45, 7) is 3.96. The zero-order chi connectivity index (χ0) is 17.8. The first-order valence-corrected chi connectivity index (χ1v) is 9.34. The number of amides is 2. The standard InChI is InChI=1S/C17H23N5O2S.2ClH/c1-11-21-15(10-25-11)13-7-14(20-8-13)17(24)22-6-2-3-12(9-22)16(23)19-5-4-18;;/h7-8,10,12,20H,2-6,9,18H2,1H3,(H,19,23);2*1H. The number of aromatic nitrogens is 2. The molecule has 2 aromatic rings. The SMILES string of the molecule is Cc1nc(-c2c[nH]c(C(=O)N3CCCC(C(=O)NCCN)C3)c2)cs1.Cl.Cl. The summed E-state index contributed by atoms with van der Waals surface area (Å²) in [6.07, 6.45) is 3.43.